The zero-order valence-electron chi connectivity index (χ0n) is 11.6. The number of aromatic nitrogens is 1. The summed E-state index contributed by atoms with van der Waals surface area (Å²) in [6, 6.07) is 16.3. The van der Waals surface area contributed by atoms with Crippen LogP contribution in [0.25, 0.3) is 10.8 Å². The summed E-state index contributed by atoms with van der Waals surface area (Å²) in [5.74, 6) is 1.15. The van der Waals surface area contributed by atoms with Gasteiger partial charge >= 0.3 is 0 Å². The van der Waals surface area contributed by atoms with E-state index in [1.165, 1.54) is 10.9 Å². The molecule has 1 aliphatic rings. The van der Waals surface area contributed by atoms with Crippen LogP contribution in [0.2, 0.25) is 0 Å². The molecule has 0 bridgehead atoms. The molecule has 2 unspecified atom stereocenters. The van der Waals surface area contributed by atoms with Crippen molar-refractivity contribution in [2.24, 2.45) is 5.73 Å². The van der Waals surface area contributed by atoms with Crippen molar-refractivity contribution in [3.63, 3.8) is 0 Å². The molecule has 2 atom stereocenters. The van der Waals surface area contributed by atoms with E-state index in [0.29, 0.717) is 6.61 Å². The first kappa shape index (κ1) is 12.4. The van der Waals surface area contributed by atoms with Crippen LogP contribution in [0, 0.1) is 0 Å². The van der Waals surface area contributed by atoms with Gasteiger partial charge < -0.3 is 10.5 Å². The number of pyridine rings is 1. The lowest BCUT2D eigenvalue weighted by Gasteiger charge is -2.20. The van der Waals surface area contributed by atoms with E-state index in [-0.39, 0.29) is 12.0 Å². The molecule has 4 rings (SSSR count). The molecule has 1 aromatic heterocycles. The fourth-order valence-electron chi connectivity index (χ4n) is 3.14. The molecule has 3 nitrogen and oxygen atoms in total. The Morgan fingerprint density at radius 2 is 2.00 bits per heavy atom. The van der Waals surface area contributed by atoms with Gasteiger partial charge in [0, 0.05) is 35.3 Å². The van der Waals surface area contributed by atoms with Crippen molar-refractivity contribution < 1.29 is 4.74 Å². The first-order valence-corrected chi connectivity index (χ1v) is 7.14. The van der Waals surface area contributed by atoms with E-state index < -0.39 is 0 Å². The van der Waals surface area contributed by atoms with Crippen molar-refractivity contribution in [3.05, 3.63) is 72.1 Å². The molecule has 104 valence electrons. The van der Waals surface area contributed by atoms with Crippen molar-refractivity contribution >= 4 is 10.8 Å². The molecule has 0 amide bonds. The zero-order chi connectivity index (χ0) is 14.2. The highest BCUT2D eigenvalue weighted by Crippen LogP contribution is 2.41. The van der Waals surface area contributed by atoms with Gasteiger partial charge in [0.05, 0.1) is 6.61 Å². The third-order valence-electron chi connectivity index (χ3n) is 4.24. The van der Waals surface area contributed by atoms with Crippen LogP contribution in [0.3, 0.4) is 0 Å². The number of nitrogens with two attached hydrogens (primary N) is 1. The van der Waals surface area contributed by atoms with Crippen LogP contribution >= 0.6 is 0 Å². The standard InChI is InChI=1S/C18H16N2O/c19-18(16-11-21-17-7-2-1-5-14(16)17)15-6-3-4-12-10-20-9-8-13(12)15/h1-10,16,18H,11,19H2. The van der Waals surface area contributed by atoms with E-state index in [1.54, 1.807) is 0 Å². The molecule has 21 heavy (non-hydrogen) atoms. The maximum atomic E-state index is 6.58. The Morgan fingerprint density at radius 3 is 2.95 bits per heavy atom. The summed E-state index contributed by atoms with van der Waals surface area (Å²) in [6.07, 6.45) is 3.70. The fraction of sp³-hybridized carbons (Fsp3) is 0.167. The van der Waals surface area contributed by atoms with Gasteiger partial charge in [-0.1, -0.05) is 36.4 Å². The van der Waals surface area contributed by atoms with Gasteiger partial charge in [0.1, 0.15) is 5.75 Å². The van der Waals surface area contributed by atoms with Gasteiger partial charge in [0.2, 0.25) is 0 Å². The lowest BCUT2D eigenvalue weighted by molar-refractivity contribution is 0.315. The number of nitrogens with zero attached hydrogens (tertiary/aromatic N) is 1. The monoisotopic (exact) mass is 276 g/mol. The summed E-state index contributed by atoms with van der Waals surface area (Å²) in [5.41, 5.74) is 8.94. The summed E-state index contributed by atoms with van der Waals surface area (Å²) < 4.78 is 5.77. The van der Waals surface area contributed by atoms with E-state index in [1.807, 2.05) is 42.7 Å². The SMILES string of the molecule is NC(c1cccc2cnccc12)C1COc2ccccc21. The number of benzene rings is 2. The van der Waals surface area contributed by atoms with Crippen molar-refractivity contribution in [3.8, 4) is 5.75 Å². The van der Waals surface area contributed by atoms with Gasteiger partial charge in [0.15, 0.2) is 0 Å². The molecule has 3 heteroatoms. The predicted molar refractivity (Wildman–Crippen MR) is 83.3 cm³/mol. The van der Waals surface area contributed by atoms with Gasteiger partial charge in [-0.15, -0.1) is 0 Å². The molecule has 2 heterocycles. The Labute approximate surface area is 123 Å². The molecule has 1 aliphatic heterocycles. The molecule has 3 aromatic rings. The maximum Gasteiger partial charge on any atom is 0.122 e. The first-order valence-electron chi connectivity index (χ1n) is 7.14. The van der Waals surface area contributed by atoms with E-state index in [0.717, 1.165) is 16.7 Å². The van der Waals surface area contributed by atoms with E-state index in [2.05, 4.69) is 23.2 Å². The second-order valence-electron chi connectivity index (χ2n) is 5.43. The predicted octanol–water partition coefficient (Wildman–Crippen LogP) is 3.41. The van der Waals surface area contributed by atoms with E-state index in [4.69, 9.17) is 10.5 Å². The number of para-hydroxylation sites is 1. The molecule has 0 aliphatic carbocycles. The van der Waals surface area contributed by atoms with Gasteiger partial charge in [-0.25, -0.2) is 0 Å². The molecule has 0 saturated carbocycles. The minimum absolute atomic E-state index is 0.0836. The highest BCUT2D eigenvalue weighted by molar-refractivity contribution is 5.85. The number of rotatable bonds is 2. The first-order chi connectivity index (χ1) is 10.3. The van der Waals surface area contributed by atoms with E-state index >= 15 is 0 Å². The Balaban J connectivity index is 1.80. The molecule has 0 spiro atoms. The lowest BCUT2D eigenvalue weighted by Crippen LogP contribution is -2.21. The molecule has 2 aromatic carbocycles. The highest BCUT2D eigenvalue weighted by atomic mass is 16.5. The minimum atomic E-state index is -0.0836. The largest absolute Gasteiger partial charge is 0.493 e. The maximum absolute atomic E-state index is 6.58. The number of hydrogen-bond donors (Lipinski definition) is 1. The zero-order valence-corrected chi connectivity index (χ0v) is 11.6. The summed E-state index contributed by atoms with van der Waals surface area (Å²) in [5, 5.41) is 2.29. The Morgan fingerprint density at radius 1 is 1.10 bits per heavy atom. The highest BCUT2D eigenvalue weighted by Gasteiger charge is 2.30. The number of hydrogen-bond acceptors (Lipinski definition) is 3. The lowest BCUT2D eigenvalue weighted by atomic mass is 9.87. The Kier molecular flexibility index (Phi) is 2.86. The topological polar surface area (TPSA) is 48.1 Å². The minimum Gasteiger partial charge on any atom is -0.493 e. The van der Waals surface area contributed by atoms with Crippen molar-refractivity contribution in [2.75, 3.05) is 6.61 Å². The molecule has 0 saturated heterocycles. The number of fused-ring (bicyclic) bond motifs is 2. The van der Waals surface area contributed by atoms with Crippen LogP contribution in [-0.2, 0) is 0 Å². The fourth-order valence-corrected chi connectivity index (χ4v) is 3.14. The average Bonchev–Trinajstić information content (AvgIpc) is 2.98. The van der Waals surface area contributed by atoms with Gasteiger partial charge in [0.25, 0.3) is 0 Å². The quantitative estimate of drug-likeness (QED) is 0.780. The summed E-state index contributed by atoms with van der Waals surface area (Å²) in [7, 11) is 0. The summed E-state index contributed by atoms with van der Waals surface area (Å²) in [6.45, 7) is 0.641. The Bertz CT molecular complexity index is 795. The van der Waals surface area contributed by atoms with Crippen LogP contribution in [0.15, 0.2) is 60.9 Å². The number of ether oxygens (including phenoxy) is 1. The molecular weight excluding hydrogens is 260 g/mol. The average molecular weight is 276 g/mol. The van der Waals surface area contributed by atoms with Gasteiger partial charge in [-0.05, 0) is 23.1 Å². The van der Waals surface area contributed by atoms with Crippen LogP contribution in [0.1, 0.15) is 23.1 Å². The third-order valence-corrected chi connectivity index (χ3v) is 4.24. The summed E-state index contributed by atoms with van der Waals surface area (Å²) in [4.78, 5) is 4.18. The normalized spacial score (nSPS) is 18.2. The third kappa shape index (κ3) is 1.98. The van der Waals surface area contributed by atoms with Crippen molar-refractivity contribution in [1.82, 2.24) is 4.98 Å². The molecule has 0 fully saturated rings. The second-order valence-corrected chi connectivity index (χ2v) is 5.43. The van der Waals surface area contributed by atoms with Crippen molar-refractivity contribution in [2.45, 2.75) is 12.0 Å². The van der Waals surface area contributed by atoms with Gasteiger partial charge in [-0.2, -0.15) is 0 Å². The smallest absolute Gasteiger partial charge is 0.122 e. The second kappa shape index (κ2) is 4.86. The van der Waals surface area contributed by atoms with Crippen LogP contribution in [0.4, 0.5) is 0 Å². The van der Waals surface area contributed by atoms with E-state index in [9.17, 15) is 0 Å². The molecular formula is C18H16N2O. The molecule has 0 radical (unpaired) electrons. The van der Waals surface area contributed by atoms with Crippen LogP contribution in [0.5, 0.6) is 5.75 Å². The summed E-state index contributed by atoms with van der Waals surface area (Å²) >= 11 is 0. The van der Waals surface area contributed by atoms with Crippen LogP contribution in [-0.4, -0.2) is 11.6 Å². The Hall–Kier alpha value is -2.39. The van der Waals surface area contributed by atoms with Crippen molar-refractivity contribution in [1.29, 1.82) is 0 Å². The van der Waals surface area contributed by atoms with Crippen LogP contribution < -0.4 is 10.5 Å². The van der Waals surface area contributed by atoms with Gasteiger partial charge in [-0.3, -0.25) is 4.98 Å². The molecule has 2 N–H and O–H groups in total.